The fraction of sp³-hybridized carbons (Fsp3) is 0.238. The van der Waals surface area contributed by atoms with E-state index in [1.54, 1.807) is 24.3 Å². The van der Waals surface area contributed by atoms with Gasteiger partial charge in [-0.3, -0.25) is 14.2 Å². The maximum absolute atomic E-state index is 12.6. The molecule has 0 saturated carbocycles. The van der Waals surface area contributed by atoms with Gasteiger partial charge >= 0.3 is 0 Å². The number of carbonyl (C=O) groups is 2. The van der Waals surface area contributed by atoms with Gasteiger partial charge in [0.1, 0.15) is 5.82 Å². The molecule has 0 spiro atoms. The van der Waals surface area contributed by atoms with Crippen molar-refractivity contribution in [3.63, 3.8) is 0 Å². The fourth-order valence-corrected chi connectivity index (χ4v) is 3.62. The summed E-state index contributed by atoms with van der Waals surface area (Å²) in [6, 6.07) is 15.1. The molecule has 2 amide bonds. The first kappa shape index (κ1) is 20.6. The third-order valence-electron chi connectivity index (χ3n) is 4.21. The Morgan fingerprint density at radius 1 is 0.931 bits per heavy atom. The van der Waals surface area contributed by atoms with E-state index in [-0.39, 0.29) is 17.1 Å². The van der Waals surface area contributed by atoms with Gasteiger partial charge in [-0.15, -0.1) is 10.2 Å². The Labute approximate surface area is 173 Å². The summed E-state index contributed by atoms with van der Waals surface area (Å²) in [7, 11) is 0. The van der Waals surface area contributed by atoms with Crippen molar-refractivity contribution in [3.05, 3.63) is 59.9 Å². The van der Waals surface area contributed by atoms with Crippen LogP contribution in [0.15, 0.2) is 53.7 Å². The molecule has 1 heterocycles. The number of rotatable bonds is 6. The SMILES string of the molecule is CC(=O)Nc1ccc(NC(=O)[C@@H](C)Sc2nnc(C)n2-c2ccc(C)cc2)cc1. The first-order chi connectivity index (χ1) is 13.8. The van der Waals surface area contributed by atoms with Gasteiger partial charge in [0.05, 0.1) is 5.25 Å². The van der Waals surface area contributed by atoms with Crippen molar-refractivity contribution >= 4 is 35.0 Å². The smallest absolute Gasteiger partial charge is 0.237 e. The average Bonchev–Trinajstić information content (AvgIpc) is 3.03. The number of hydrogen-bond donors (Lipinski definition) is 2. The lowest BCUT2D eigenvalue weighted by atomic mass is 10.2. The molecule has 0 bridgehead atoms. The zero-order valence-electron chi connectivity index (χ0n) is 16.8. The number of thioether (sulfide) groups is 1. The molecule has 7 nitrogen and oxygen atoms in total. The van der Waals surface area contributed by atoms with Crippen molar-refractivity contribution in [2.75, 3.05) is 10.6 Å². The molecule has 0 saturated heterocycles. The Morgan fingerprint density at radius 2 is 1.52 bits per heavy atom. The normalized spacial score (nSPS) is 11.7. The molecule has 2 N–H and O–H groups in total. The Hall–Kier alpha value is -3.13. The molecule has 29 heavy (non-hydrogen) atoms. The van der Waals surface area contributed by atoms with Gasteiger partial charge in [0.2, 0.25) is 11.8 Å². The molecule has 0 aliphatic carbocycles. The van der Waals surface area contributed by atoms with Crippen LogP contribution in [-0.4, -0.2) is 31.8 Å². The van der Waals surface area contributed by atoms with E-state index in [9.17, 15) is 9.59 Å². The molecule has 2 aromatic carbocycles. The number of carbonyl (C=O) groups excluding carboxylic acids is 2. The number of aromatic nitrogens is 3. The molecule has 3 rings (SSSR count). The lowest BCUT2D eigenvalue weighted by Gasteiger charge is -2.13. The molecule has 0 aliphatic rings. The third kappa shape index (κ3) is 5.23. The Balaban J connectivity index is 1.69. The maximum atomic E-state index is 12.6. The predicted molar refractivity (Wildman–Crippen MR) is 116 cm³/mol. The summed E-state index contributed by atoms with van der Waals surface area (Å²) >= 11 is 1.35. The Kier molecular flexibility index (Phi) is 6.33. The van der Waals surface area contributed by atoms with Crippen LogP contribution < -0.4 is 10.6 Å². The molecule has 150 valence electrons. The van der Waals surface area contributed by atoms with Gasteiger partial charge in [0, 0.05) is 24.0 Å². The molecule has 8 heteroatoms. The zero-order valence-corrected chi connectivity index (χ0v) is 17.6. The summed E-state index contributed by atoms with van der Waals surface area (Å²) in [6.45, 7) is 7.20. The van der Waals surface area contributed by atoms with Crippen LogP contribution in [0.5, 0.6) is 0 Å². The van der Waals surface area contributed by atoms with Gasteiger partial charge in [0.25, 0.3) is 0 Å². The van der Waals surface area contributed by atoms with Crippen LogP contribution in [0.3, 0.4) is 0 Å². The Bertz CT molecular complexity index is 1010. The van der Waals surface area contributed by atoms with Gasteiger partial charge in [-0.25, -0.2) is 0 Å². The monoisotopic (exact) mass is 409 g/mol. The molecule has 0 aliphatic heterocycles. The van der Waals surface area contributed by atoms with E-state index in [1.165, 1.54) is 24.2 Å². The van der Waals surface area contributed by atoms with Gasteiger partial charge in [-0.1, -0.05) is 29.5 Å². The van der Waals surface area contributed by atoms with Crippen LogP contribution in [0, 0.1) is 13.8 Å². The van der Waals surface area contributed by atoms with Crippen LogP contribution >= 0.6 is 11.8 Å². The van der Waals surface area contributed by atoms with Crippen molar-refractivity contribution in [1.82, 2.24) is 14.8 Å². The van der Waals surface area contributed by atoms with Crippen molar-refractivity contribution in [2.24, 2.45) is 0 Å². The highest BCUT2D eigenvalue weighted by atomic mass is 32.2. The van der Waals surface area contributed by atoms with Crippen LogP contribution in [0.1, 0.15) is 25.2 Å². The second kappa shape index (κ2) is 8.91. The van der Waals surface area contributed by atoms with Crippen molar-refractivity contribution in [3.8, 4) is 5.69 Å². The van der Waals surface area contributed by atoms with Crippen molar-refractivity contribution < 1.29 is 9.59 Å². The van der Waals surface area contributed by atoms with E-state index >= 15 is 0 Å². The van der Waals surface area contributed by atoms with Crippen molar-refractivity contribution in [1.29, 1.82) is 0 Å². The summed E-state index contributed by atoms with van der Waals surface area (Å²) in [5, 5.41) is 14.3. The molecule has 0 unspecified atom stereocenters. The van der Waals surface area contributed by atoms with E-state index in [0.717, 1.165) is 11.5 Å². The molecular formula is C21H23N5O2S. The van der Waals surface area contributed by atoms with E-state index in [0.29, 0.717) is 16.5 Å². The second-order valence-electron chi connectivity index (χ2n) is 6.71. The summed E-state index contributed by atoms with van der Waals surface area (Å²) < 4.78 is 1.94. The van der Waals surface area contributed by atoms with E-state index in [1.807, 2.05) is 49.6 Å². The number of hydrogen-bond acceptors (Lipinski definition) is 5. The minimum Gasteiger partial charge on any atom is -0.326 e. The molecule has 3 aromatic rings. The predicted octanol–water partition coefficient (Wildman–Crippen LogP) is 3.96. The zero-order chi connectivity index (χ0) is 21.0. The highest BCUT2D eigenvalue weighted by molar-refractivity contribution is 8.00. The van der Waals surface area contributed by atoms with E-state index in [2.05, 4.69) is 20.8 Å². The van der Waals surface area contributed by atoms with Crippen LogP contribution in [-0.2, 0) is 9.59 Å². The van der Waals surface area contributed by atoms with Crippen LogP contribution in [0.2, 0.25) is 0 Å². The average molecular weight is 410 g/mol. The second-order valence-corrected chi connectivity index (χ2v) is 8.02. The third-order valence-corrected chi connectivity index (χ3v) is 5.25. The maximum Gasteiger partial charge on any atom is 0.237 e. The lowest BCUT2D eigenvalue weighted by molar-refractivity contribution is -0.115. The standard InChI is InChI=1S/C21H23N5O2S/c1-13-5-11-19(12-6-13)26-15(3)24-25-21(26)29-14(2)20(28)23-18-9-7-17(8-10-18)22-16(4)27/h5-12,14H,1-4H3,(H,22,27)(H,23,28)/t14-/m1/s1. The number of nitrogens with zero attached hydrogens (tertiary/aromatic N) is 3. The number of amides is 2. The highest BCUT2D eigenvalue weighted by Crippen LogP contribution is 2.26. The molecule has 1 atom stereocenters. The molecule has 0 radical (unpaired) electrons. The van der Waals surface area contributed by atoms with Crippen molar-refractivity contribution in [2.45, 2.75) is 38.1 Å². The van der Waals surface area contributed by atoms with Crippen LogP contribution in [0.25, 0.3) is 5.69 Å². The largest absolute Gasteiger partial charge is 0.326 e. The number of benzene rings is 2. The molecule has 1 aromatic heterocycles. The summed E-state index contributed by atoms with van der Waals surface area (Å²) in [5.74, 6) is 0.482. The minimum atomic E-state index is -0.377. The number of nitrogens with one attached hydrogen (secondary N) is 2. The lowest BCUT2D eigenvalue weighted by Crippen LogP contribution is -2.23. The van der Waals surface area contributed by atoms with E-state index < -0.39 is 0 Å². The summed E-state index contributed by atoms with van der Waals surface area (Å²) in [6.07, 6.45) is 0. The number of anilines is 2. The van der Waals surface area contributed by atoms with Gasteiger partial charge in [-0.2, -0.15) is 0 Å². The quantitative estimate of drug-likeness (QED) is 0.602. The van der Waals surface area contributed by atoms with E-state index in [4.69, 9.17) is 0 Å². The van der Waals surface area contributed by atoms with Gasteiger partial charge in [-0.05, 0) is 57.2 Å². The highest BCUT2D eigenvalue weighted by Gasteiger charge is 2.20. The fourth-order valence-electron chi connectivity index (χ4n) is 2.71. The first-order valence-electron chi connectivity index (χ1n) is 9.17. The first-order valence-corrected chi connectivity index (χ1v) is 10.1. The minimum absolute atomic E-state index is 0.139. The van der Waals surface area contributed by atoms with Gasteiger partial charge < -0.3 is 10.6 Å². The van der Waals surface area contributed by atoms with Gasteiger partial charge in [0.15, 0.2) is 5.16 Å². The molecule has 0 fully saturated rings. The summed E-state index contributed by atoms with van der Waals surface area (Å²) in [4.78, 5) is 23.7. The topological polar surface area (TPSA) is 88.9 Å². The van der Waals surface area contributed by atoms with Crippen LogP contribution in [0.4, 0.5) is 11.4 Å². The summed E-state index contributed by atoms with van der Waals surface area (Å²) in [5.41, 5.74) is 3.47. The Morgan fingerprint density at radius 3 is 2.10 bits per heavy atom. The number of aryl methyl sites for hydroxylation is 2. The molecular weight excluding hydrogens is 386 g/mol.